The standard InChI is InChI=1S/C16H26N4O/c1-11-13(10-18-20-11)3-2-6-17-16(21)9-12-7-14-4-5-15(8-12)19-14/h10,12,14-15,19H,2-9H2,1H3,(H,17,21)(H,18,20). The van der Waals surface area contributed by atoms with Crippen LogP contribution in [0.1, 0.15) is 49.8 Å². The number of carbonyl (C=O) groups excluding carboxylic acids is 1. The third-order valence-corrected chi connectivity index (χ3v) is 4.92. The highest BCUT2D eigenvalue weighted by atomic mass is 16.1. The number of nitrogens with one attached hydrogen (secondary N) is 3. The summed E-state index contributed by atoms with van der Waals surface area (Å²) in [6.07, 6.45) is 9.49. The molecule has 2 bridgehead atoms. The minimum atomic E-state index is 0.227. The molecule has 0 saturated carbocycles. The summed E-state index contributed by atoms with van der Waals surface area (Å²) in [5.41, 5.74) is 2.38. The molecular weight excluding hydrogens is 264 g/mol. The van der Waals surface area contributed by atoms with E-state index in [4.69, 9.17) is 0 Å². The van der Waals surface area contributed by atoms with Crippen molar-refractivity contribution in [1.29, 1.82) is 0 Å². The van der Waals surface area contributed by atoms with Gasteiger partial charge in [-0.25, -0.2) is 0 Å². The summed E-state index contributed by atoms with van der Waals surface area (Å²) in [4.78, 5) is 12.0. The normalized spacial score (nSPS) is 27.8. The lowest BCUT2D eigenvalue weighted by Gasteiger charge is -2.28. The Kier molecular flexibility index (Phi) is 4.58. The second-order valence-corrected chi connectivity index (χ2v) is 6.65. The first kappa shape index (κ1) is 14.6. The van der Waals surface area contributed by atoms with Crippen LogP contribution in [0.5, 0.6) is 0 Å². The van der Waals surface area contributed by atoms with Crippen molar-refractivity contribution in [1.82, 2.24) is 20.8 Å². The largest absolute Gasteiger partial charge is 0.356 e. The summed E-state index contributed by atoms with van der Waals surface area (Å²) in [6.45, 7) is 2.80. The molecule has 21 heavy (non-hydrogen) atoms. The molecule has 1 aromatic rings. The first-order valence-corrected chi connectivity index (χ1v) is 8.22. The van der Waals surface area contributed by atoms with Crippen LogP contribution in [-0.4, -0.2) is 34.7 Å². The summed E-state index contributed by atoms with van der Waals surface area (Å²) in [5.74, 6) is 0.810. The van der Waals surface area contributed by atoms with Crippen LogP contribution in [0.2, 0.25) is 0 Å². The van der Waals surface area contributed by atoms with Gasteiger partial charge in [0.05, 0.1) is 6.20 Å². The fraction of sp³-hybridized carbons (Fsp3) is 0.750. The fourth-order valence-electron chi connectivity index (χ4n) is 3.81. The minimum absolute atomic E-state index is 0.227. The van der Waals surface area contributed by atoms with Crippen molar-refractivity contribution in [3.63, 3.8) is 0 Å². The third kappa shape index (κ3) is 3.84. The molecule has 2 atom stereocenters. The van der Waals surface area contributed by atoms with E-state index in [-0.39, 0.29) is 5.91 Å². The molecule has 2 aliphatic rings. The number of aromatic nitrogens is 2. The predicted molar refractivity (Wildman–Crippen MR) is 81.9 cm³/mol. The predicted octanol–water partition coefficient (Wildman–Crippen LogP) is 1.69. The lowest BCUT2D eigenvalue weighted by molar-refractivity contribution is -0.122. The Labute approximate surface area is 126 Å². The maximum absolute atomic E-state index is 12.0. The van der Waals surface area contributed by atoms with E-state index < -0.39 is 0 Å². The van der Waals surface area contributed by atoms with Gasteiger partial charge in [-0.2, -0.15) is 5.10 Å². The molecule has 3 rings (SSSR count). The number of carbonyl (C=O) groups is 1. The summed E-state index contributed by atoms with van der Waals surface area (Å²) < 4.78 is 0. The summed E-state index contributed by atoms with van der Waals surface area (Å²) in [7, 11) is 0. The Balaban J connectivity index is 1.32. The Hall–Kier alpha value is -1.36. The lowest BCUT2D eigenvalue weighted by atomic mass is 9.89. The number of hydrogen-bond donors (Lipinski definition) is 3. The van der Waals surface area contributed by atoms with Crippen LogP contribution in [-0.2, 0) is 11.2 Å². The number of piperidine rings is 1. The van der Waals surface area contributed by atoms with Gasteiger partial charge in [0.1, 0.15) is 0 Å². The summed E-state index contributed by atoms with van der Waals surface area (Å²) >= 11 is 0. The van der Waals surface area contributed by atoms with Gasteiger partial charge in [0.15, 0.2) is 0 Å². The highest BCUT2D eigenvalue weighted by Gasteiger charge is 2.33. The quantitative estimate of drug-likeness (QED) is 0.698. The number of fused-ring (bicyclic) bond motifs is 2. The first-order valence-electron chi connectivity index (χ1n) is 8.22. The zero-order chi connectivity index (χ0) is 14.7. The van der Waals surface area contributed by atoms with Crippen molar-refractivity contribution in [2.45, 2.75) is 64.0 Å². The van der Waals surface area contributed by atoms with Crippen LogP contribution in [0, 0.1) is 12.8 Å². The number of H-pyrrole nitrogens is 1. The monoisotopic (exact) mass is 290 g/mol. The number of hydrogen-bond acceptors (Lipinski definition) is 3. The van der Waals surface area contributed by atoms with Gasteiger partial charge in [0.25, 0.3) is 0 Å². The third-order valence-electron chi connectivity index (χ3n) is 4.92. The Morgan fingerprint density at radius 1 is 1.38 bits per heavy atom. The number of rotatable bonds is 6. The van der Waals surface area contributed by atoms with Crippen LogP contribution in [0.15, 0.2) is 6.20 Å². The van der Waals surface area contributed by atoms with E-state index in [1.165, 1.54) is 31.2 Å². The van der Waals surface area contributed by atoms with E-state index in [1.54, 1.807) is 0 Å². The van der Waals surface area contributed by atoms with Crippen LogP contribution in [0.25, 0.3) is 0 Å². The van der Waals surface area contributed by atoms with Gasteiger partial charge >= 0.3 is 0 Å². The van der Waals surface area contributed by atoms with Crippen LogP contribution < -0.4 is 10.6 Å². The Morgan fingerprint density at radius 3 is 2.81 bits per heavy atom. The summed E-state index contributed by atoms with van der Waals surface area (Å²) in [5, 5.41) is 13.7. The number of aryl methyl sites for hydroxylation is 2. The molecular formula is C16H26N4O. The van der Waals surface area contributed by atoms with Gasteiger partial charge in [-0.15, -0.1) is 0 Å². The van der Waals surface area contributed by atoms with Gasteiger partial charge in [-0.1, -0.05) is 0 Å². The molecule has 2 fully saturated rings. The summed E-state index contributed by atoms with van der Waals surface area (Å²) in [6, 6.07) is 1.34. The van der Waals surface area contributed by atoms with Gasteiger partial charge in [0, 0.05) is 30.7 Å². The SMILES string of the molecule is Cc1[nH]ncc1CCCNC(=O)CC1CC2CCC(C1)N2. The maximum atomic E-state index is 12.0. The number of amides is 1. The zero-order valence-corrected chi connectivity index (χ0v) is 12.8. The second-order valence-electron chi connectivity index (χ2n) is 6.65. The van der Waals surface area contributed by atoms with E-state index in [0.29, 0.717) is 24.4 Å². The maximum Gasteiger partial charge on any atom is 0.220 e. The van der Waals surface area contributed by atoms with Crippen molar-refractivity contribution in [3.05, 3.63) is 17.5 Å². The number of nitrogens with zero attached hydrogens (tertiary/aromatic N) is 1. The van der Waals surface area contributed by atoms with Gasteiger partial charge in [-0.3, -0.25) is 9.89 Å². The second kappa shape index (κ2) is 6.60. The lowest BCUT2D eigenvalue weighted by Crippen LogP contribution is -2.39. The van der Waals surface area contributed by atoms with Crippen LogP contribution >= 0.6 is 0 Å². The molecule has 5 nitrogen and oxygen atoms in total. The van der Waals surface area contributed by atoms with Crippen molar-refractivity contribution in [3.8, 4) is 0 Å². The first-order chi connectivity index (χ1) is 10.2. The van der Waals surface area contributed by atoms with E-state index in [0.717, 1.165) is 25.1 Å². The Morgan fingerprint density at radius 2 is 2.14 bits per heavy atom. The smallest absolute Gasteiger partial charge is 0.220 e. The van der Waals surface area contributed by atoms with Gasteiger partial charge in [-0.05, 0) is 56.9 Å². The molecule has 0 aromatic carbocycles. The molecule has 2 aliphatic heterocycles. The van der Waals surface area contributed by atoms with Gasteiger partial charge in [0.2, 0.25) is 5.91 Å². The van der Waals surface area contributed by atoms with Gasteiger partial charge < -0.3 is 10.6 Å². The van der Waals surface area contributed by atoms with Crippen molar-refractivity contribution in [2.75, 3.05) is 6.54 Å². The van der Waals surface area contributed by atoms with E-state index in [1.807, 2.05) is 13.1 Å². The average molecular weight is 290 g/mol. The van der Waals surface area contributed by atoms with E-state index in [2.05, 4.69) is 20.8 Å². The molecule has 0 radical (unpaired) electrons. The van der Waals surface area contributed by atoms with E-state index >= 15 is 0 Å². The van der Waals surface area contributed by atoms with E-state index in [9.17, 15) is 4.79 Å². The molecule has 1 aromatic heterocycles. The molecule has 2 saturated heterocycles. The molecule has 1 amide bonds. The molecule has 3 N–H and O–H groups in total. The minimum Gasteiger partial charge on any atom is -0.356 e. The number of aromatic amines is 1. The topological polar surface area (TPSA) is 69.8 Å². The van der Waals surface area contributed by atoms with Crippen molar-refractivity contribution in [2.24, 2.45) is 5.92 Å². The van der Waals surface area contributed by atoms with Crippen molar-refractivity contribution >= 4 is 5.91 Å². The highest BCUT2D eigenvalue weighted by Crippen LogP contribution is 2.32. The fourth-order valence-corrected chi connectivity index (χ4v) is 3.81. The highest BCUT2D eigenvalue weighted by molar-refractivity contribution is 5.76. The average Bonchev–Trinajstić information content (AvgIpc) is 3.01. The van der Waals surface area contributed by atoms with Crippen molar-refractivity contribution < 1.29 is 4.79 Å². The molecule has 0 spiro atoms. The zero-order valence-electron chi connectivity index (χ0n) is 12.8. The molecule has 116 valence electrons. The molecule has 5 heteroatoms. The molecule has 2 unspecified atom stereocenters. The van der Waals surface area contributed by atoms with Crippen LogP contribution in [0.4, 0.5) is 0 Å². The van der Waals surface area contributed by atoms with Crippen LogP contribution in [0.3, 0.4) is 0 Å². The molecule has 3 heterocycles. The Bertz CT molecular complexity index is 472. The molecule has 0 aliphatic carbocycles.